The Kier molecular flexibility index (Phi) is 4.05. The van der Waals surface area contributed by atoms with Gasteiger partial charge in [0, 0.05) is 32.8 Å². The molecule has 1 aliphatic carbocycles. The van der Waals surface area contributed by atoms with Gasteiger partial charge in [0.15, 0.2) is 0 Å². The minimum absolute atomic E-state index is 0.300. The highest BCUT2D eigenvalue weighted by Gasteiger charge is 2.34. The van der Waals surface area contributed by atoms with E-state index in [1.807, 2.05) is 6.92 Å². The molecule has 2 fully saturated rings. The van der Waals surface area contributed by atoms with Crippen molar-refractivity contribution in [2.75, 3.05) is 27.4 Å². The van der Waals surface area contributed by atoms with Gasteiger partial charge in [-0.2, -0.15) is 0 Å². The minimum atomic E-state index is 0.300. The van der Waals surface area contributed by atoms with Crippen molar-refractivity contribution in [1.82, 2.24) is 19.7 Å². The third-order valence-corrected chi connectivity index (χ3v) is 4.38. The predicted octanol–water partition coefficient (Wildman–Crippen LogP) is 1.16. The number of nitrogens with zero attached hydrogens (tertiary/aromatic N) is 4. The Balaban J connectivity index is 1.72. The first-order chi connectivity index (χ1) is 9.72. The molecule has 2 aliphatic rings. The second kappa shape index (κ2) is 5.79. The molecule has 1 aromatic heterocycles. The van der Waals surface area contributed by atoms with Gasteiger partial charge in [0.1, 0.15) is 11.6 Å². The molecule has 0 amide bonds. The Bertz CT molecular complexity index is 458. The van der Waals surface area contributed by atoms with Crippen molar-refractivity contribution in [2.24, 2.45) is 0 Å². The lowest BCUT2D eigenvalue weighted by Crippen LogP contribution is -2.33. The van der Waals surface area contributed by atoms with Gasteiger partial charge in [0.2, 0.25) is 0 Å². The van der Waals surface area contributed by atoms with Crippen LogP contribution in [0.5, 0.6) is 0 Å². The second-order valence-corrected chi connectivity index (χ2v) is 5.90. The number of likely N-dealkylation sites (tertiary alicyclic amines) is 1. The van der Waals surface area contributed by atoms with E-state index in [1.54, 1.807) is 14.2 Å². The summed E-state index contributed by atoms with van der Waals surface area (Å²) in [4.78, 5) is 2.42. The Morgan fingerprint density at radius 1 is 1.25 bits per heavy atom. The van der Waals surface area contributed by atoms with Crippen molar-refractivity contribution in [3.63, 3.8) is 0 Å². The lowest BCUT2D eigenvalue weighted by molar-refractivity contribution is 0.104. The van der Waals surface area contributed by atoms with E-state index in [1.165, 1.54) is 12.8 Å². The minimum Gasteiger partial charge on any atom is -0.383 e. The fraction of sp³-hybridized carbons (Fsp3) is 0.857. The number of rotatable bonds is 6. The number of ether oxygens (including phenoxy) is 2. The van der Waals surface area contributed by atoms with Gasteiger partial charge in [-0.25, -0.2) is 0 Å². The van der Waals surface area contributed by atoms with Gasteiger partial charge in [-0.3, -0.25) is 4.90 Å². The summed E-state index contributed by atoms with van der Waals surface area (Å²) >= 11 is 0. The molecule has 0 spiro atoms. The Morgan fingerprint density at radius 2 is 2.05 bits per heavy atom. The predicted molar refractivity (Wildman–Crippen MR) is 74.5 cm³/mol. The smallest absolute Gasteiger partial charge is 0.147 e. The maximum absolute atomic E-state index is 5.51. The van der Waals surface area contributed by atoms with Gasteiger partial charge in [-0.1, -0.05) is 0 Å². The van der Waals surface area contributed by atoms with Crippen molar-refractivity contribution in [2.45, 2.75) is 50.9 Å². The molecule has 112 valence electrons. The maximum Gasteiger partial charge on any atom is 0.147 e. The molecule has 1 saturated heterocycles. The van der Waals surface area contributed by atoms with E-state index in [4.69, 9.17) is 9.47 Å². The van der Waals surface area contributed by atoms with Crippen LogP contribution in [-0.2, 0) is 16.0 Å². The fourth-order valence-corrected chi connectivity index (χ4v) is 3.18. The molecule has 3 rings (SSSR count). The summed E-state index contributed by atoms with van der Waals surface area (Å²) in [5, 5.41) is 8.63. The molecule has 1 aromatic rings. The summed E-state index contributed by atoms with van der Waals surface area (Å²) in [6.45, 7) is 4.58. The largest absolute Gasteiger partial charge is 0.383 e. The number of hydrogen-bond donors (Lipinski definition) is 0. The topological polar surface area (TPSA) is 52.4 Å². The molecule has 0 N–H and O–H groups in total. The van der Waals surface area contributed by atoms with Crippen molar-refractivity contribution < 1.29 is 9.47 Å². The first-order valence-electron chi connectivity index (χ1n) is 7.39. The van der Waals surface area contributed by atoms with Gasteiger partial charge in [-0.05, 0) is 26.2 Å². The lowest BCUT2D eigenvalue weighted by Gasteiger charge is -2.23. The SMILES string of the molecule is COC[C@@H]1C[C@H](OC)CN1Cc1nnc(C)n1C1CC1. The monoisotopic (exact) mass is 280 g/mol. The third-order valence-electron chi connectivity index (χ3n) is 4.38. The van der Waals surface area contributed by atoms with Crippen LogP contribution in [0.3, 0.4) is 0 Å². The molecule has 20 heavy (non-hydrogen) atoms. The van der Waals surface area contributed by atoms with E-state index >= 15 is 0 Å². The average Bonchev–Trinajstić information content (AvgIpc) is 3.10. The molecule has 6 heteroatoms. The summed E-state index contributed by atoms with van der Waals surface area (Å²) in [7, 11) is 3.55. The molecule has 1 aliphatic heterocycles. The van der Waals surface area contributed by atoms with Crippen LogP contribution in [-0.4, -0.2) is 59.2 Å². The number of hydrogen-bond acceptors (Lipinski definition) is 5. The van der Waals surface area contributed by atoms with E-state index in [9.17, 15) is 0 Å². The van der Waals surface area contributed by atoms with Gasteiger partial charge < -0.3 is 14.0 Å². The molecule has 2 atom stereocenters. The molecular formula is C14H24N4O2. The quantitative estimate of drug-likeness (QED) is 0.782. The summed E-state index contributed by atoms with van der Waals surface area (Å²) in [5.41, 5.74) is 0. The van der Waals surface area contributed by atoms with Crippen LogP contribution < -0.4 is 0 Å². The van der Waals surface area contributed by atoms with Crippen LogP contribution in [0.4, 0.5) is 0 Å². The van der Waals surface area contributed by atoms with E-state index < -0.39 is 0 Å². The van der Waals surface area contributed by atoms with Crippen LogP contribution >= 0.6 is 0 Å². The van der Waals surface area contributed by atoms with Crippen LogP contribution in [0, 0.1) is 6.92 Å². The fourth-order valence-electron chi connectivity index (χ4n) is 3.18. The van der Waals surface area contributed by atoms with E-state index in [0.29, 0.717) is 18.2 Å². The van der Waals surface area contributed by atoms with Crippen LogP contribution in [0.2, 0.25) is 0 Å². The van der Waals surface area contributed by atoms with Crippen molar-refractivity contribution in [3.8, 4) is 0 Å². The summed E-state index contributed by atoms with van der Waals surface area (Å²) in [5.74, 6) is 2.12. The van der Waals surface area contributed by atoms with E-state index in [2.05, 4.69) is 19.7 Å². The highest BCUT2D eigenvalue weighted by atomic mass is 16.5. The van der Waals surface area contributed by atoms with Gasteiger partial charge in [-0.15, -0.1) is 10.2 Å². The molecule has 1 saturated carbocycles. The number of methoxy groups -OCH3 is 2. The highest BCUT2D eigenvalue weighted by molar-refractivity contribution is 5.02. The zero-order chi connectivity index (χ0) is 14.1. The molecule has 6 nitrogen and oxygen atoms in total. The first kappa shape index (κ1) is 14.0. The van der Waals surface area contributed by atoms with Crippen LogP contribution in [0.25, 0.3) is 0 Å². The third kappa shape index (κ3) is 2.73. The second-order valence-electron chi connectivity index (χ2n) is 5.90. The molecule has 0 unspecified atom stereocenters. The molecular weight excluding hydrogens is 256 g/mol. The van der Waals surface area contributed by atoms with Crippen molar-refractivity contribution in [1.29, 1.82) is 0 Å². The van der Waals surface area contributed by atoms with Gasteiger partial charge in [0.05, 0.1) is 19.3 Å². The molecule has 2 heterocycles. The van der Waals surface area contributed by atoms with Gasteiger partial charge >= 0.3 is 0 Å². The Labute approximate surface area is 120 Å². The Morgan fingerprint density at radius 3 is 2.70 bits per heavy atom. The van der Waals surface area contributed by atoms with Crippen molar-refractivity contribution >= 4 is 0 Å². The van der Waals surface area contributed by atoms with Crippen LogP contribution in [0.1, 0.15) is 37.0 Å². The summed E-state index contributed by atoms with van der Waals surface area (Å²) in [6, 6.07) is 1.04. The maximum atomic E-state index is 5.51. The van der Waals surface area contributed by atoms with E-state index in [-0.39, 0.29) is 0 Å². The van der Waals surface area contributed by atoms with Crippen molar-refractivity contribution in [3.05, 3.63) is 11.6 Å². The molecule has 0 radical (unpaired) electrons. The normalized spacial score (nSPS) is 27.4. The first-order valence-corrected chi connectivity index (χ1v) is 7.39. The summed E-state index contributed by atoms with van der Waals surface area (Å²) < 4.78 is 13.2. The lowest BCUT2D eigenvalue weighted by atomic mass is 10.2. The zero-order valence-electron chi connectivity index (χ0n) is 12.6. The molecule has 0 aromatic carbocycles. The Hall–Kier alpha value is -0.980. The zero-order valence-corrected chi connectivity index (χ0v) is 12.6. The van der Waals surface area contributed by atoms with Gasteiger partial charge in [0.25, 0.3) is 0 Å². The van der Waals surface area contributed by atoms with E-state index in [0.717, 1.165) is 37.8 Å². The number of aryl methyl sites for hydroxylation is 1. The highest BCUT2D eigenvalue weighted by Crippen LogP contribution is 2.37. The number of aromatic nitrogens is 3. The molecule has 0 bridgehead atoms. The average molecular weight is 280 g/mol. The van der Waals surface area contributed by atoms with Crippen LogP contribution in [0.15, 0.2) is 0 Å². The summed E-state index contributed by atoms with van der Waals surface area (Å²) in [6.07, 6.45) is 3.84. The standard InChI is InChI=1S/C14H24N4O2/c1-10-15-16-14(18(10)11-4-5-11)8-17-7-13(20-3)6-12(17)9-19-2/h11-13H,4-9H2,1-3H3/t12-,13-/m0/s1.